The lowest BCUT2D eigenvalue weighted by molar-refractivity contribution is -0.129. The van der Waals surface area contributed by atoms with Crippen molar-refractivity contribution in [3.05, 3.63) is 54.5 Å². The minimum Gasteiger partial charge on any atom is -0.364 e. The van der Waals surface area contributed by atoms with E-state index in [-0.39, 0.29) is 11.9 Å². The van der Waals surface area contributed by atoms with E-state index in [0.29, 0.717) is 13.0 Å². The predicted octanol–water partition coefficient (Wildman–Crippen LogP) is 1.87. The molecule has 0 aliphatic carbocycles. The highest BCUT2D eigenvalue weighted by molar-refractivity contribution is 5.87. The van der Waals surface area contributed by atoms with Crippen molar-refractivity contribution in [1.82, 2.24) is 29.3 Å². The van der Waals surface area contributed by atoms with Gasteiger partial charge in [0.2, 0.25) is 5.91 Å². The first-order valence-corrected chi connectivity index (χ1v) is 9.43. The molecule has 1 atom stereocenters. The van der Waals surface area contributed by atoms with Gasteiger partial charge in [-0.2, -0.15) is 5.10 Å². The summed E-state index contributed by atoms with van der Waals surface area (Å²) < 4.78 is 3.58. The Kier molecular flexibility index (Phi) is 3.96. The molecule has 1 amide bonds. The number of hydrogen-bond acceptors (Lipinski definition) is 5. The van der Waals surface area contributed by atoms with Crippen LogP contribution in [0.25, 0.3) is 16.6 Å². The molecule has 142 valence electrons. The zero-order valence-electron chi connectivity index (χ0n) is 15.6. The standard InChI is InChI=1S/C20H21N7O/c1-25-17-5-3-2-4-15(17)16(23-25)12-20(28)26-10-8-14(13-26)22-18-6-7-19-21-9-11-27(19)24-18/h2-7,9,11,14H,8,10,12-13H2,1H3,(H,22,24)/t14-/m1/s1. The van der Waals surface area contributed by atoms with Gasteiger partial charge < -0.3 is 10.2 Å². The third-order valence-corrected chi connectivity index (χ3v) is 5.30. The van der Waals surface area contributed by atoms with Gasteiger partial charge in [0, 0.05) is 44.0 Å². The average molecular weight is 375 g/mol. The molecule has 0 saturated carbocycles. The fourth-order valence-corrected chi connectivity index (χ4v) is 3.88. The molecule has 4 aromatic rings. The summed E-state index contributed by atoms with van der Waals surface area (Å²) in [6, 6.07) is 12.1. The van der Waals surface area contributed by atoms with Crippen LogP contribution in [-0.2, 0) is 18.3 Å². The van der Waals surface area contributed by atoms with Gasteiger partial charge in [-0.3, -0.25) is 9.48 Å². The van der Waals surface area contributed by atoms with Crippen molar-refractivity contribution >= 4 is 28.3 Å². The van der Waals surface area contributed by atoms with Crippen LogP contribution in [0, 0.1) is 0 Å². The lowest BCUT2D eigenvalue weighted by Gasteiger charge is -2.17. The quantitative estimate of drug-likeness (QED) is 0.589. The van der Waals surface area contributed by atoms with Crippen molar-refractivity contribution in [1.29, 1.82) is 0 Å². The average Bonchev–Trinajstić information content (AvgIpc) is 3.42. The number of carbonyl (C=O) groups is 1. The van der Waals surface area contributed by atoms with E-state index >= 15 is 0 Å². The molecule has 1 fully saturated rings. The Morgan fingerprint density at radius 2 is 2.11 bits per heavy atom. The highest BCUT2D eigenvalue weighted by Crippen LogP contribution is 2.20. The third kappa shape index (κ3) is 2.96. The number of fused-ring (bicyclic) bond motifs is 2. The lowest BCUT2D eigenvalue weighted by atomic mass is 10.1. The van der Waals surface area contributed by atoms with E-state index in [9.17, 15) is 4.79 Å². The van der Waals surface area contributed by atoms with E-state index in [1.807, 2.05) is 59.2 Å². The SMILES string of the molecule is Cn1nc(CC(=O)N2CC[C@@H](Nc3ccc4nccn4n3)C2)c2ccccc21. The molecule has 1 aliphatic heterocycles. The number of hydrogen-bond donors (Lipinski definition) is 1. The van der Waals surface area contributed by atoms with Crippen LogP contribution in [0.15, 0.2) is 48.8 Å². The second-order valence-corrected chi connectivity index (χ2v) is 7.18. The van der Waals surface area contributed by atoms with Gasteiger partial charge in [-0.25, -0.2) is 9.50 Å². The minimum absolute atomic E-state index is 0.117. The van der Waals surface area contributed by atoms with Crippen molar-refractivity contribution in [3.8, 4) is 0 Å². The number of para-hydroxylation sites is 1. The zero-order chi connectivity index (χ0) is 19.1. The Hall–Kier alpha value is -3.42. The van der Waals surface area contributed by atoms with Gasteiger partial charge in [0.1, 0.15) is 5.82 Å². The summed E-state index contributed by atoms with van der Waals surface area (Å²) >= 11 is 0. The largest absolute Gasteiger partial charge is 0.364 e. The number of rotatable bonds is 4. The molecule has 1 aliphatic rings. The van der Waals surface area contributed by atoms with Gasteiger partial charge in [-0.1, -0.05) is 18.2 Å². The monoisotopic (exact) mass is 375 g/mol. The second kappa shape index (κ2) is 6.63. The Bertz CT molecular complexity index is 1160. The second-order valence-electron chi connectivity index (χ2n) is 7.18. The Balaban J connectivity index is 1.25. The van der Waals surface area contributed by atoms with Crippen LogP contribution in [0.3, 0.4) is 0 Å². The molecule has 4 heterocycles. The van der Waals surface area contributed by atoms with Crippen LogP contribution in [0.2, 0.25) is 0 Å². The fraction of sp³-hybridized carbons (Fsp3) is 0.300. The number of benzene rings is 1. The number of nitrogens with one attached hydrogen (secondary N) is 1. The maximum atomic E-state index is 12.8. The molecule has 1 N–H and O–H groups in total. The number of likely N-dealkylation sites (tertiary alicyclic amines) is 1. The molecule has 0 unspecified atom stereocenters. The van der Waals surface area contributed by atoms with Crippen molar-refractivity contribution < 1.29 is 4.79 Å². The number of aryl methyl sites for hydroxylation is 1. The van der Waals surface area contributed by atoms with Crippen molar-refractivity contribution in [2.45, 2.75) is 18.9 Å². The maximum Gasteiger partial charge on any atom is 0.228 e. The number of amides is 1. The van der Waals surface area contributed by atoms with Crippen LogP contribution in [0.5, 0.6) is 0 Å². The first-order chi connectivity index (χ1) is 13.7. The van der Waals surface area contributed by atoms with Crippen LogP contribution >= 0.6 is 0 Å². The first kappa shape index (κ1) is 16.7. The van der Waals surface area contributed by atoms with Gasteiger partial charge in [0.25, 0.3) is 0 Å². The van der Waals surface area contributed by atoms with Crippen molar-refractivity contribution in [3.63, 3.8) is 0 Å². The lowest BCUT2D eigenvalue weighted by Crippen LogP contribution is -2.33. The number of anilines is 1. The van der Waals surface area contributed by atoms with E-state index in [1.54, 1.807) is 10.7 Å². The summed E-state index contributed by atoms with van der Waals surface area (Å²) in [6.07, 6.45) is 4.78. The Morgan fingerprint density at radius 3 is 3.04 bits per heavy atom. The fourth-order valence-electron chi connectivity index (χ4n) is 3.88. The first-order valence-electron chi connectivity index (χ1n) is 9.43. The molecule has 3 aromatic heterocycles. The number of aromatic nitrogens is 5. The highest BCUT2D eigenvalue weighted by Gasteiger charge is 2.27. The van der Waals surface area contributed by atoms with E-state index in [0.717, 1.165) is 41.0 Å². The summed E-state index contributed by atoms with van der Waals surface area (Å²) in [7, 11) is 1.91. The van der Waals surface area contributed by atoms with Crippen LogP contribution in [-0.4, -0.2) is 54.3 Å². The Labute approximate surface area is 161 Å². The molecule has 0 bridgehead atoms. The van der Waals surface area contributed by atoms with Gasteiger partial charge in [0.05, 0.1) is 17.6 Å². The summed E-state index contributed by atoms with van der Waals surface area (Å²) in [5, 5.41) is 13.5. The molecule has 0 radical (unpaired) electrons. The summed E-state index contributed by atoms with van der Waals surface area (Å²) in [5.41, 5.74) is 2.70. The molecule has 0 spiro atoms. The van der Waals surface area contributed by atoms with Gasteiger partial charge in [-0.15, -0.1) is 5.10 Å². The van der Waals surface area contributed by atoms with Crippen molar-refractivity contribution in [2.75, 3.05) is 18.4 Å². The maximum absolute atomic E-state index is 12.8. The smallest absolute Gasteiger partial charge is 0.228 e. The minimum atomic E-state index is 0.117. The normalized spacial score (nSPS) is 16.9. The molecule has 1 aromatic carbocycles. The van der Waals surface area contributed by atoms with E-state index in [4.69, 9.17) is 0 Å². The van der Waals surface area contributed by atoms with E-state index < -0.39 is 0 Å². The van der Waals surface area contributed by atoms with Crippen molar-refractivity contribution in [2.24, 2.45) is 7.05 Å². The van der Waals surface area contributed by atoms with Crippen LogP contribution in [0.4, 0.5) is 5.82 Å². The topological polar surface area (TPSA) is 80.4 Å². The third-order valence-electron chi connectivity index (χ3n) is 5.30. The van der Waals surface area contributed by atoms with E-state index in [2.05, 4.69) is 20.5 Å². The summed E-state index contributed by atoms with van der Waals surface area (Å²) in [6.45, 7) is 1.42. The molecule has 1 saturated heterocycles. The highest BCUT2D eigenvalue weighted by atomic mass is 16.2. The molecular weight excluding hydrogens is 354 g/mol. The number of nitrogens with zero attached hydrogens (tertiary/aromatic N) is 6. The van der Waals surface area contributed by atoms with Gasteiger partial charge >= 0.3 is 0 Å². The van der Waals surface area contributed by atoms with Crippen LogP contribution in [0.1, 0.15) is 12.1 Å². The molecule has 5 rings (SSSR count). The predicted molar refractivity (Wildman–Crippen MR) is 106 cm³/mol. The van der Waals surface area contributed by atoms with E-state index in [1.165, 1.54) is 0 Å². The Morgan fingerprint density at radius 1 is 1.21 bits per heavy atom. The molecule has 8 heteroatoms. The summed E-state index contributed by atoms with van der Waals surface area (Å²) in [4.78, 5) is 18.9. The molecular formula is C20H21N7O. The number of carbonyl (C=O) groups excluding carboxylic acids is 1. The number of imidazole rings is 1. The van der Waals surface area contributed by atoms with Crippen LogP contribution < -0.4 is 5.32 Å². The summed E-state index contributed by atoms with van der Waals surface area (Å²) in [5.74, 6) is 0.909. The van der Waals surface area contributed by atoms with Gasteiger partial charge in [-0.05, 0) is 24.6 Å². The molecule has 8 nitrogen and oxygen atoms in total. The zero-order valence-corrected chi connectivity index (χ0v) is 15.6. The van der Waals surface area contributed by atoms with Gasteiger partial charge in [0.15, 0.2) is 5.65 Å². The molecule has 28 heavy (non-hydrogen) atoms.